The molecule has 0 aromatic carbocycles. The standard InChI is InChI=1S/C22H27N7O6S3/c1-3-4-7-23-21(34)25-15(13-6-5-8-36-13)17(30)26-22(35-2)19(33)29-16(18(31)32)12(11-38-20(22)29)10-37-14-9-24-28-27-14/h5-6,8-9,15,20H,3-4,7,10-11H2,1-2H3,(H,26,30)(H,31,32)(H2,23,25,34)(H,24,27,28)/t15?,20?,22-/m0/s1. The highest BCUT2D eigenvalue weighted by Crippen LogP contribution is 2.47. The van der Waals surface area contributed by atoms with E-state index in [4.69, 9.17) is 4.74 Å². The zero-order chi connectivity index (χ0) is 27.3. The van der Waals surface area contributed by atoms with E-state index in [1.54, 1.807) is 17.5 Å². The van der Waals surface area contributed by atoms with Crippen LogP contribution in [0.4, 0.5) is 4.79 Å². The van der Waals surface area contributed by atoms with E-state index in [0.29, 0.717) is 33.5 Å². The molecule has 0 radical (unpaired) electrons. The lowest BCUT2D eigenvalue weighted by molar-refractivity contribution is -0.192. The average molecular weight is 582 g/mol. The maximum Gasteiger partial charge on any atom is 0.352 e. The summed E-state index contributed by atoms with van der Waals surface area (Å²) in [5, 5.41) is 29.7. The summed E-state index contributed by atoms with van der Waals surface area (Å²) in [5.41, 5.74) is -1.39. The van der Waals surface area contributed by atoms with E-state index in [2.05, 4.69) is 31.4 Å². The fourth-order valence-corrected chi connectivity index (χ4v) is 7.15. The van der Waals surface area contributed by atoms with Gasteiger partial charge in [0.15, 0.2) is 0 Å². The molecule has 2 aromatic heterocycles. The molecular formula is C22H27N7O6S3. The Morgan fingerprint density at radius 3 is 2.87 bits per heavy atom. The number of ether oxygens (including phenoxy) is 1. The molecule has 3 atom stereocenters. The lowest BCUT2D eigenvalue weighted by Crippen LogP contribution is -2.81. The summed E-state index contributed by atoms with van der Waals surface area (Å²) in [5.74, 6) is -2.01. The Balaban J connectivity index is 1.52. The van der Waals surface area contributed by atoms with Crippen LogP contribution < -0.4 is 16.0 Å². The maximum absolute atomic E-state index is 13.5. The molecule has 204 valence electrons. The van der Waals surface area contributed by atoms with Crippen molar-refractivity contribution in [3.05, 3.63) is 39.9 Å². The Morgan fingerprint density at radius 1 is 1.42 bits per heavy atom. The Hall–Kier alpha value is -3.08. The zero-order valence-electron chi connectivity index (χ0n) is 20.6. The summed E-state index contributed by atoms with van der Waals surface area (Å²) in [4.78, 5) is 53.2. The number of aliphatic carboxylic acids is 1. The molecule has 0 bridgehead atoms. The molecule has 1 fully saturated rings. The Kier molecular flexibility index (Phi) is 8.96. The molecule has 1 saturated heterocycles. The van der Waals surface area contributed by atoms with Crippen LogP contribution in [0.3, 0.4) is 0 Å². The van der Waals surface area contributed by atoms with Crippen LogP contribution in [0.1, 0.15) is 30.7 Å². The van der Waals surface area contributed by atoms with Gasteiger partial charge in [0.05, 0.1) is 6.20 Å². The van der Waals surface area contributed by atoms with Gasteiger partial charge >= 0.3 is 12.0 Å². The van der Waals surface area contributed by atoms with Crippen molar-refractivity contribution in [2.75, 3.05) is 25.2 Å². The number of fused-ring (bicyclic) bond motifs is 1. The van der Waals surface area contributed by atoms with Crippen molar-refractivity contribution in [2.24, 2.45) is 0 Å². The summed E-state index contributed by atoms with van der Waals surface area (Å²) in [6.45, 7) is 2.45. The van der Waals surface area contributed by atoms with E-state index < -0.39 is 41.0 Å². The third-order valence-electron chi connectivity index (χ3n) is 5.91. The number of rotatable bonds is 12. The molecule has 4 heterocycles. The van der Waals surface area contributed by atoms with Gasteiger partial charge in [-0.25, -0.2) is 9.59 Å². The van der Waals surface area contributed by atoms with Gasteiger partial charge in [0, 0.05) is 30.0 Å². The minimum Gasteiger partial charge on any atom is -0.477 e. The molecule has 38 heavy (non-hydrogen) atoms. The number of methoxy groups -OCH3 is 1. The van der Waals surface area contributed by atoms with E-state index in [1.165, 1.54) is 48.2 Å². The lowest BCUT2D eigenvalue weighted by Gasteiger charge is -2.56. The molecule has 2 aliphatic rings. The van der Waals surface area contributed by atoms with Crippen molar-refractivity contribution in [1.82, 2.24) is 36.3 Å². The van der Waals surface area contributed by atoms with Gasteiger partial charge in [-0.2, -0.15) is 10.3 Å². The van der Waals surface area contributed by atoms with Crippen LogP contribution in [-0.2, 0) is 19.1 Å². The second-order valence-electron chi connectivity index (χ2n) is 8.32. The van der Waals surface area contributed by atoms with Crippen LogP contribution in [0.5, 0.6) is 0 Å². The number of hydrogen-bond donors (Lipinski definition) is 5. The summed E-state index contributed by atoms with van der Waals surface area (Å²) in [6, 6.07) is 1.86. The predicted molar refractivity (Wildman–Crippen MR) is 141 cm³/mol. The first-order valence-corrected chi connectivity index (χ1v) is 14.6. The van der Waals surface area contributed by atoms with Gasteiger partial charge in [0.25, 0.3) is 17.5 Å². The van der Waals surface area contributed by atoms with Crippen LogP contribution >= 0.6 is 34.9 Å². The number of urea groups is 1. The first-order chi connectivity index (χ1) is 18.3. The van der Waals surface area contributed by atoms with E-state index in [1.807, 2.05) is 6.92 Å². The lowest BCUT2D eigenvalue weighted by atomic mass is 9.97. The van der Waals surface area contributed by atoms with Gasteiger partial charge in [0.2, 0.25) is 0 Å². The van der Waals surface area contributed by atoms with Crippen molar-refractivity contribution in [1.29, 1.82) is 0 Å². The number of carboxylic acids is 1. The number of aromatic nitrogens is 3. The normalized spacial score (nSPS) is 21.4. The molecule has 13 nitrogen and oxygen atoms in total. The van der Waals surface area contributed by atoms with Crippen LogP contribution in [0.15, 0.2) is 40.0 Å². The molecule has 4 rings (SSSR count). The van der Waals surface area contributed by atoms with E-state index >= 15 is 0 Å². The minimum atomic E-state index is -1.79. The van der Waals surface area contributed by atoms with Crippen molar-refractivity contribution >= 4 is 58.7 Å². The Bertz CT molecular complexity index is 1210. The van der Waals surface area contributed by atoms with Gasteiger partial charge < -0.3 is 25.8 Å². The number of aromatic amines is 1. The first-order valence-electron chi connectivity index (χ1n) is 11.7. The highest BCUT2D eigenvalue weighted by molar-refractivity contribution is 8.01. The maximum atomic E-state index is 13.5. The number of nitrogens with one attached hydrogen (secondary N) is 4. The number of unbranched alkanes of at least 4 members (excludes halogenated alkanes) is 1. The number of carboxylic acid groups (broad SMARTS) is 1. The molecule has 0 saturated carbocycles. The molecule has 16 heteroatoms. The monoisotopic (exact) mass is 581 g/mol. The number of thioether (sulfide) groups is 2. The zero-order valence-corrected chi connectivity index (χ0v) is 23.0. The predicted octanol–water partition coefficient (Wildman–Crippen LogP) is 1.51. The second-order valence-corrected chi connectivity index (χ2v) is 11.4. The second kappa shape index (κ2) is 12.2. The number of carbonyl (C=O) groups excluding carboxylic acids is 3. The molecule has 4 amide bonds. The van der Waals surface area contributed by atoms with Gasteiger partial charge in [-0.15, -0.1) is 28.2 Å². The number of β-lactam (4-membered cyclic amide) rings is 1. The topological polar surface area (TPSA) is 179 Å². The Labute approximate surface area is 230 Å². The van der Waals surface area contributed by atoms with Crippen LogP contribution in [-0.4, -0.2) is 85.5 Å². The van der Waals surface area contributed by atoms with Crippen LogP contribution in [0, 0.1) is 0 Å². The number of carbonyl (C=O) groups is 4. The fourth-order valence-electron chi connectivity index (χ4n) is 4.01. The van der Waals surface area contributed by atoms with Crippen LogP contribution in [0.2, 0.25) is 0 Å². The fraction of sp³-hybridized carbons (Fsp3) is 0.455. The molecule has 0 aliphatic carbocycles. The smallest absolute Gasteiger partial charge is 0.352 e. The number of thiophene rings is 1. The van der Waals surface area contributed by atoms with E-state index in [0.717, 1.165) is 17.7 Å². The van der Waals surface area contributed by atoms with Crippen molar-refractivity contribution < 1.29 is 29.0 Å². The Morgan fingerprint density at radius 2 is 2.24 bits per heavy atom. The highest BCUT2D eigenvalue weighted by atomic mass is 32.2. The third-order valence-corrected chi connectivity index (χ3v) is 9.21. The third kappa shape index (κ3) is 5.52. The van der Waals surface area contributed by atoms with Crippen molar-refractivity contribution in [3.63, 3.8) is 0 Å². The minimum absolute atomic E-state index is 0.139. The van der Waals surface area contributed by atoms with Crippen molar-refractivity contribution in [2.45, 2.75) is 41.9 Å². The number of amides is 4. The first kappa shape index (κ1) is 27.9. The average Bonchev–Trinajstić information content (AvgIpc) is 3.63. The largest absolute Gasteiger partial charge is 0.477 e. The number of nitrogens with zero attached hydrogens (tertiary/aromatic N) is 3. The molecule has 0 spiro atoms. The van der Waals surface area contributed by atoms with Gasteiger partial charge in [-0.1, -0.05) is 31.2 Å². The highest BCUT2D eigenvalue weighted by Gasteiger charge is 2.67. The molecular weight excluding hydrogens is 554 g/mol. The van der Waals surface area contributed by atoms with Gasteiger partial charge in [0.1, 0.15) is 22.1 Å². The molecule has 2 aliphatic heterocycles. The van der Waals surface area contributed by atoms with Gasteiger partial charge in [-0.3, -0.25) is 14.5 Å². The molecule has 2 unspecified atom stereocenters. The number of H-pyrrole nitrogens is 1. The van der Waals surface area contributed by atoms with Crippen LogP contribution in [0.25, 0.3) is 0 Å². The van der Waals surface area contributed by atoms with E-state index in [-0.39, 0.29) is 5.70 Å². The number of hydrogen-bond acceptors (Lipinski definition) is 10. The summed E-state index contributed by atoms with van der Waals surface area (Å²) in [7, 11) is 1.28. The summed E-state index contributed by atoms with van der Waals surface area (Å²) < 4.78 is 5.55. The van der Waals surface area contributed by atoms with Crippen molar-refractivity contribution in [3.8, 4) is 0 Å². The van der Waals surface area contributed by atoms with E-state index in [9.17, 15) is 24.3 Å². The summed E-state index contributed by atoms with van der Waals surface area (Å²) >= 11 is 3.85. The molecule has 5 N–H and O–H groups in total. The SMILES string of the molecule is CCCCNC(=O)NC(C(=O)N[C@]1(OC)C(=O)N2C(C(=O)O)=C(CSc3cn[nH]n3)CSC21)c1cccs1. The van der Waals surface area contributed by atoms with Gasteiger partial charge in [-0.05, 0) is 23.4 Å². The summed E-state index contributed by atoms with van der Waals surface area (Å²) in [6.07, 6.45) is 3.21. The molecule has 2 aromatic rings. The quantitative estimate of drug-likeness (QED) is 0.107.